The molecule has 1 fully saturated rings. The van der Waals surface area contributed by atoms with Crippen molar-refractivity contribution in [2.45, 2.75) is 11.4 Å². The first-order valence-corrected chi connectivity index (χ1v) is 12.8. The van der Waals surface area contributed by atoms with Crippen LogP contribution in [0, 0.1) is 5.82 Å². The fourth-order valence-corrected chi connectivity index (χ4v) is 6.44. The molecule has 0 aliphatic carbocycles. The van der Waals surface area contributed by atoms with Gasteiger partial charge >= 0.3 is 0 Å². The molecule has 10 heteroatoms. The average molecular weight is 485 g/mol. The summed E-state index contributed by atoms with van der Waals surface area (Å²) in [5.74, 6) is -0.0282. The Bertz CT molecular complexity index is 1460. The molecule has 0 saturated carbocycles. The normalized spacial score (nSPS) is 15.8. The number of hydrogen-bond acceptors (Lipinski definition) is 6. The Morgan fingerprint density at radius 1 is 1.03 bits per heavy atom. The number of halogens is 1. The van der Waals surface area contributed by atoms with Crippen LogP contribution in [0.3, 0.4) is 0 Å². The van der Waals surface area contributed by atoms with E-state index in [0.717, 1.165) is 17.2 Å². The lowest BCUT2D eigenvalue weighted by atomic mass is 10.1. The van der Waals surface area contributed by atoms with Crippen LogP contribution in [0.15, 0.2) is 69.7 Å². The zero-order valence-corrected chi connectivity index (χ0v) is 19.2. The number of fused-ring (bicyclic) bond motifs is 1. The van der Waals surface area contributed by atoms with Crippen molar-refractivity contribution in [3.8, 4) is 11.1 Å². The van der Waals surface area contributed by atoms with Crippen LogP contribution >= 0.6 is 11.3 Å². The molecule has 2 aromatic heterocycles. The van der Waals surface area contributed by atoms with E-state index in [1.54, 1.807) is 0 Å². The van der Waals surface area contributed by atoms with E-state index >= 15 is 0 Å². The first kappa shape index (κ1) is 21.9. The third kappa shape index (κ3) is 4.34. The van der Waals surface area contributed by atoms with Crippen molar-refractivity contribution in [1.29, 1.82) is 0 Å². The molecule has 33 heavy (non-hydrogen) atoms. The Morgan fingerprint density at radius 3 is 2.52 bits per heavy atom. The number of hydrogen-bond donors (Lipinski definition) is 1. The molecule has 0 radical (unpaired) electrons. The second-order valence-corrected chi connectivity index (χ2v) is 10.6. The highest BCUT2D eigenvalue weighted by molar-refractivity contribution is 7.89. The highest BCUT2D eigenvalue weighted by atomic mass is 32.2. The van der Waals surface area contributed by atoms with Gasteiger partial charge in [-0.1, -0.05) is 36.4 Å². The number of thiophene rings is 1. The number of aromatic amines is 1. The van der Waals surface area contributed by atoms with Gasteiger partial charge < -0.3 is 4.98 Å². The van der Waals surface area contributed by atoms with E-state index in [1.165, 1.54) is 33.8 Å². The topological polar surface area (TPSA) is 86.4 Å². The fourth-order valence-electron chi connectivity index (χ4n) is 4.01. The molecule has 0 unspecified atom stereocenters. The quantitative estimate of drug-likeness (QED) is 0.470. The van der Waals surface area contributed by atoms with E-state index < -0.39 is 15.8 Å². The van der Waals surface area contributed by atoms with Gasteiger partial charge in [0.1, 0.15) is 16.5 Å². The molecule has 5 rings (SSSR count). The highest BCUT2D eigenvalue weighted by Crippen LogP contribution is 2.30. The summed E-state index contributed by atoms with van der Waals surface area (Å²) in [6.45, 7) is 1.94. The van der Waals surface area contributed by atoms with Gasteiger partial charge in [0.2, 0.25) is 10.0 Å². The maximum Gasteiger partial charge on any atom is 0.260 e. The van der Waals surface area contributed by atoms with Crippen LogP contribution < -0.4 is 5.56 Å². The van der Waals surface area contributed by atoms with Gasteiger partial charge in [0.05, 0.1) is 16.8 Å². The average Bonchev–Trinajstić information content (AvgIpc) is 3.25. The summed E-state index contributed by atoms with van der Waals surface area (Å²) in [5.41, 5.74) is 1.66. The van der Waals surface area contributed by atoms with Crippen molar-refractivity contribution in [3.63, 3.8) is 0 Å². The number of benzene rings is 2. The van der Waals surface area contributed by atoms with E-state index in [-0.39, 0.29) is 23.5 Å². The number of nitrogens with zero attached hydrogens (tertiary/aromatic N) is 3. The Morgan fingerprint density at radius 2 is 1.79 bits per heavy atom. The van der Waals surface area contributed by atoms with Gasteiger partial charge in [-0.2, -0.15) is 4.31 Å². The van der Waals surface area contributed by atoms with Crippen molar-refractivity contribution >= 4 is 31.6 Å². The fraction of sp³-hybridized carbons (Fsp3) is 0.217. The van der Waals surface area contributed by atoms with Crippen molar-refractivity contribution in [1.82, 2.24) is 19.2 Å². The first-order chi connectivity index (χ1) is 15.9. The predicted molar refractivity (Wildman–Crippen MR) is 126 cm³/mol. The van der Waals surface area contributed by atoms with Crippen molar-refractivity contribution < 1.29 is 12.8 Å². The second kappa shape index (κ2) is 8.79. The molecule has 170 valence electrons. The Balaban J connectivity index is 1.30. The zero-order valence-electron chi connectivity index (χ0n) is 17.6. The number of rotatable bonds is 5. The lowest BCUT2D eigenvalue weighted by Crippen LogP contribution is -2.48. The Kier molecular flexibility index (Phi) is 5.83. The molecule has 4 aromatic rings. The smallest absolute Gasteiger partial charge is 0.260 e. The number of aromatic nitrogens is 2. The molecule has 1 N–H and O–H groups in total. The molecule has 1 saturated heterocycles. The molecule has 0 spiro atoms. The lowest BCUT2D eigenvalue weighted by Gasteiger charge is -2.33. The molecule has 7 nitrogen and oxygen atoms in total. The molecular formula is C23H21FN4O3S2. The molecule has 3 heterocycles. The SMILES string of the molecule is O=c1[nH]c(CN2CCN(S(=O)(=O)c3cccc(F)c3)CC2)nc2scc(-c3ccccc3)c12. The number of piperazine rings is 1. The van der Waals surface area contributed by atoms with Crippen LogP contribution in [-0.2, 0) is 16.6 Å². The van der Waals surface area contributed by atoms with Crippen LogP contribution in [0.2, 0.25) is 0 Å². The third-order valence-electron chi connectivity index (χ3n) is 5.72. The summed E-state index contributed by atoms with van der Waals surface area (Å²) >= 11 is 1.43. The molecular weight excluding hydrogens is 463 g/mol. The predicted octanol–water partition coefficient (Wildman–Crippen LogP) is 3.30. The molecule has 2 aromatic carbocycles. The van der Waals surface area contributed by atoms with Gasteiger partial charge in [-0.25, -0.2) is 17.8 Å². The van der Waals surface area contributed by atoms with Crippen LogP contribution in [0.5, 0.6) is 0 Å². The van der Waals surface area contributed by atoms with Gasteiger partial charge in [0.25, 0.3) is 5.56 Å². The summed E-state index contributed by atoms with van der Waals surface area (Å²) < 4.78 is 40.4. The van der Waals surface area contributed by atoms with Gasteiger partial charge in [-0.05, 0) is 23.8 Å². The maximum atomic E-state index is 13.5. The number of H-pyrrole nitrogens is 1. The highest BCUT2D eigenvalue weighted by Gasteiger charge is 2.29. The Labute approximate surface area is 194 Å². The molecule has 0 amide bonds. The Hall–Kier alpha value is -2.92. The van der Waals surface area contributed by atoms with E-state index in [1.807, 2.05) is 40.6 Å². The van der Waals surface area contributed by atoms with E-state index in [0.29, 0.717) is 35.7 Å². The maximum absolute atomic E-state index is 13.5. The summed E-state index contributed by atoms with van der Waals surface area (Å²) in [4.78, 5) is 23.1. The van der Waals surface area contributed by atoms with Crippen molar-refractivity contribution in [3.05, 3.63) is 82.0 Å². The summed E-state index contributed by atoms with van der Waals surface area (Å²) in [6, 6.07) is 14.8. The minimum absolute atomic E-state index is 0.0423. The van der Waals surface area contributed by atoms with Crippen LogP contribution in [0.4, 0.5) is 4.39 Å². The molecule has 1 aliphatic heterocycles. The first-order valence-electron chi connectivity index (χ1n) is 10.5. The number of nitrogens with one attached hydrogen (secondary N) is 1. The summed E-state index contributed by atoms with van der Waals surface area (Å²) in [6.07, 6.45) is 0. The van der Waals surface area contributed by atoms with Crippen LogP contribution in [0.25, 0.3) is 21.3 Å². The standard InChI is InChI=1S/C23H21FN4O3S2/c24-17-7-4-8-18(13-17)33(30,31)28-11-9-27(10-12-28)14-20-25-22(29)21-19(15-32-23(21)26-20)16-5-2-1-3-6-16/h1-8,13,15H,9-12,14H2,(H,25,26,29). The monoisotopic (exact) mass is 484 g/mol. The largest absolute Gasteiger partial charge is 0.309 e. The van der Waals surface area contributed by atoms with Crippen molar-refractivity contribution in [2.75, 3.05) is 26.2 Å². The lowest BCUT2D eigenvalue weighted by molar-refractivity contribution is 0.178. The number of sulfonamides is 1. The minimum Gasteiger partial charge on any atom is -0.309 e. The van der Waals surface area contributed by atoms with Gasteiger partial charge in [0.15, 0.2) is 0 Å². The third-order valence-corrected chi connectivity index (χ3v) is 8.48. The van der Waals surface area contributed by atoms with E-state index in [2.05, 4.69) is 9.97 Å². The van der Waals surface area contributed by atoms with Gasteiger partial charge in [-0.3, -0.25) is 9.69 Å². The van der Waals surface area contributed by atoms with Crippen LogP contribution in [-0.4, -0.2) is 53.8 Å². The van der Waals surface area contributed by atoms with Gasteiger partial charge in [0, 0.05) is 37.1 Å². The molecule has 1 aliphatic rings. The molecule has 0 bridgehead atoms. The zero-order chi connectivity index (χ0) is 23.0. The van der Waals surface area contributed by atoms with Crippen LogP contribution in [0.1, 0.15) is 5.82 Å². The van der Waals surface area contributed by atoms with E-state index in [4.69, 9.17) is 0 Å². The molecule has 0 atom stereocenters. The van der Waals surface area contributed by atoms with Gasteiger partial charge in [-0.15, -0.1) is 11.3 Å². The second-order valence-electron chi connectivity index (χ2n) is 7.85. The summed E-state index contributed by atoms with van der Waals surface area (Å²) in [5, 5.41) is 2.53. The van der Waals surface area contributed by atoms with E-state index in [9.17, 15) is 17.6 Å². The summed E-state index contributed by atoms with van der Waals surface area (Å²) in [7, 11) is -3.75. The van der Waals surface area contributed by atoms with Crippen molar-refractivity contribution in [2.24, 2.45) is 0 Å². The minimum atomic E-state index is -3.75.